The van der Waals surface area contributed by atoms with E-state index in [1.54, 1.807) is 11.3 Å². The van der Waals surface area contributed by atoms with Crippen molar-refractivity contribution in [3.05, 3.63) is 15.6 Å². The van der Waals surface area contributed by atoms with Crippen molar-refractivity contribution in [3.63, 3.8) is 0 Å². The van der Waals surface area contributed by atoms with E-state index in [1.807, 2.05) is 34.6 Å². The van der Waals surface area contributed by atoms with E-state index in [-0.39, 0.29) is 18.1 Å². The van der Waals surface area contributed by atoms with Gasteiger partial charge in [0, 0.05) is 10.9 Å². The van der Waals surface area contributed by atoms with Crippen LogP contribution in [0.15, 0.2) is 0 Å². The fraction of sp³-hybridized carbons (Fsp3) is 0.667. The number of carbonyl (C=O) groups excluding carboxylic acids is 1. The first-order chi connectivity index (χ1) is 7.95. The zero-order valence-electron chi connectivity index (χ0n) is 11.0. The van der Waals surface area contributed by atoms with Crippen LogP contribution in [0.5, 0.6) is 0 Å². The highest BCUT2D eigenvalue weighted by Gasteiger charge is 2.19. The number of nitrogens with zero attached hydrogens (tertiary/aromatic N) is 1. The summed E-state index contributed by atoms with van der Waals surface area (Å²) in [5.74, 6) is -0.210. The maximum absolute atomic E-state index is 11.5. The number of carbonyl (C=O) groups is 1. The minimum atomic E-state index is -0.299. The normalized spacial score (nSPS) is 14.4. The summed E-state index contributed by atoms with van der Waals surface area (Å²) in [6, 6.07) is -0.188. The quantitative estimate of drug-likeness (QED) is 0.822. The molecule has 0 fully saturated rings. The SMILES string of the molecule is CCOC(=O)C(C)NC(C)c1sc(C)nc1C. The molecule has 17 heavy (non-hydrogen) atoms. The number of hydrogen-bond acceptors (Lipinski definition) is 5. The molecule has 96 valence electrons. The first-order valence-electron chi connectivity index (χ1n) is 5.82. The van der Waals surface area contributed by atoms with Crippen molar-refractivity contribution in [1.82, 2.24) is 10.3 Å². The number of aryl methyl sites for hydroxylation is 2. The molecule has 1 rings (SSSR count). The minimum absolute atomic E-state index is 0.112. The first-order valence-corrected chi connectivity index (χ1v) is 6.64. The van der Waals surface area contributed by atoms with Crippen molar-refractivity contribution >= 4 is 17.3 Å². The Hall–Kier alpha value is -0.940. The molecule has 4 nitrogen and oxygen atoms in total. The zero-order chi connectivity index (χ0) is 13.0. The van der Waals surface area contributed by atoms with E-state index in [0.717, 1.165) is 10.7 Å². The summed E-state index contributed by atoms with van der Waals surface area (Å²) < 4.78 is 4.96. The highest BCUT2D eigenvalue weighted by atomic mass is 32.1. The topological polar surface area (TPSA) is 51.2 Å². The number of rotatable bonds is 5. The second kappa shape index (κ2) is 6.12. The second-order valence-electron chi connectivity index (χ2n) is 4.04. The Balaban J connectivity index is 2.63. The molecule has 5 heteroatoms. The van der Waals surface area contributed by atoms with Gasteiger partial charge in [-0.05, 0) is 34.6 Å². The average molecular weight is 256 g/mol. The Morgan fingerprint density at radius 3 is 2.59 bits per heavy atom. The van der Waals surface area contributed by atoms with Crippen molar-refractivity contribution in [3.8, 4) is 0 Å². The number of thiazole rings is 1. The lowest BCUT2D eigenvalue weighted by molar-refractivity contribution is -0.145. The standard InChI is InChI=1S/C12H20N2O2S/c1-6-16-12(15)9(4)13-7(2)11-8(3)14-10(5)17-11/h7,9,13H,6H2,1-5H3. The molecule has 0 amide bonds. The molecule has 0 radical (unpaired) electrons. The summed E-state index contributed by atoms with van der Waals surface area (Å²) in [5.41, 5.74) is 1.03. The van der Waals surface area contributed by atoms with Gasteiger partial charge < -0.3 is 4.74 Å². The van der Waals surface area contributed by atoms with Gasteiger partial charge in [0.25, 0.3) is 0 Å². The summed E-state index contributed by atoms with van der Waals surface area (Å²) in [7, 11) is 0. The van der Waals surface area contributed by atoms with Crippen LogP contribution in [0.4, 0.5) is 0 Å². The third-order valence-corrected chi connectivity index (χ3v) is 3.73. The van der Waals surface area contributed by atoms with E-state index in [2.05, 4.69) is 10.3 Å². The Bertz CT molecular complexity index is 390. The van der Waals surface area contributed by atoms with Crippen LogP contribution in [0.1, 0.15) is 42.4 Å². The molecule has 2 atom stereocenters. The smallest absolute Gasteiger partial charge is 0.322 e. The van der Waals surface area contributed by atoms with E-state index in [9.17, 15) is 4.79 Å². The Labute approximate surface area is 106 Å². The molecule has 0 saturated carbocycles. The number of esters is 1. The summed E-state index contributed by atoms with van der Waals surface area (Å²) in [4.78, 5) is 17.1. The highest BCUT2D eigenvalue weighted by molar-refractivity contribution is 7.11. The van der Waals surface area contributed by atoms with Gasteiger partial charge in [-0.15, -0.1) is 11.3 Å². The molecule has 0 aromatic carbocycles. The van der Waals surface area contributed by atoms with Gasteiger partial charge in [-0.3, -0.25) is 10.1 Å². The third kappa shape index (κ3) is 3.78. The second-order valence-corrected chi connectivity index (χ2v) is 5.28. The van der Waals surface area contributed by atoms with Crippen molar-refractivity contribution in [2.45, 2.75) is 46.7 Å². The van der Waals surface area contributed by atoms with Crippen LogP contribution < -0.4 is 5.32 Å². The number of aromatic nitrogens is 1. The predicted molar refractivity (Wildman–Crippen MR) is 69.2 cm³/mol. The molecular formula is C12H20N2O2S. The lowest BCUT2D eigenvalue weighted by atomic mass is 10.2. The maximum Gasteiger partial charge on any atom is 0.322 e. The summed E-state index contributed by atoms with van der Waals surface area (Å²) >= 11 is 1.66. The fourth-order valence-corrected chi connectivity index (χ4v) is 2.67. The van der Waals surface area contributed by atoms with E-state index in [1.165, 1.54) is 4.88 Å². The Morgan fingerprint density at radius 1 is 1.47 bits per heavy atom. The molecule has 1 heterocycles. The minimum Gasteiger partial charge on any atom is -0.465 e. The predicted octanol–water partition coefficient (Wildman–Crippen LogP) is 2.36. The molecule has 1 aromatic heterocycles. The highest BCUT2D eigenvalue weighted by Crippen LogP contribution is 2.24. The summed E-state index contributed by atoms with van der Waals surface area (Å²) in [6.45, 7) is 10.1. The number of hydrogen-bond donors (Lipinski definition) is 1. The van der Waals surface area contributed by atoms with E-state index < -0.39 is 0 Å². The molecular weight excluding hydrogens is 236 g/mol. The summed E-state index contributed by atoms with van der Waals surface area (Å²) in [5, 5.41) is 4.28. The van der Waals surface area contributed by atoms with Crippen molar-refractivity contribution in [1.29, 1.82) is 0 Å². The first kappa shape index (κ1) is 14.1. The molecule has 0 aliphatic rings. The fourth-order valence-electron chi connectivity index (χ4n) is 1.73. The van der Waals surface area contributed by atoms with Gasteiger partial charge in [-0.2, -0.15) is 0 Å². The molecule has 0 spiro atoms. The lowest BCUT2D eigenvalue weighted by Gasteiger charge is -2.18. The molecule has 0 aliphatic carbocycles. The van der Waals surface area contributed by atoms with Gasteiger partial charge in [-0.1, -0.05) is 0 Å². The van der Waals surface area contributed by atoms with Crippen LogP contribution in [0, 0.1) is 13.8 Å². The monoisotopic (exact) mass is 256 g/mol. The van der Waals surface area contributed by atoms with Crippen molar-refractivity contribution < 1.29 is 9.53 Å². The van der Waals surface area contributed by atoms with Crippen LogP contribution in [0.25, 0.3) is 0 Å². The van der Waals surface area contributed by atoms with Crippen LogP contribution in [0.3, 0.4) is 0 Å². The van der Waals surface area contributed by atoms with Gasteiger partial charge in [0.1, 0.15) is 6.04 Å². The van der Waals surface area contributed by atoms with Crippen LogP contribution in [-0.4, -0.2) is 23.6 Å². The van der Waals surface area contributed by atoms with Crippen LogP contribution in [-0.2, 0) is 9.53 Å². The Morgan fingerprint density at radius 2 is 2.12 bits per heavy atom. The lowest BCUT2D eigenvalue weighted by Crippen LogP contribution is -2.37. The Kier molecular flexibility index (Phi) is 5.08. The van der Waals surface area contributed by atoms with Gasteiger partial charge >= 0.3 is 5.97 Å². The largest absolute Gasteiger partial charge is 0.465 e. The van der Waals surface area contributed by atoms with Gasteiger partial charge in [0.05, 0.1) is 17.3 Å². The summed E-state index contributed by atoms with van der Waals surface area (Å²) in [6.07, 6.45) is 0. The third-order valence-electron chi connectivity index (χ3n) is 2.47. The zero-order valence-corrected chi connectivity index (χ0v) is 11.9. The van der Waals surface area contributed by atoms with Gasteiger partial charge in [0.2, 0.25) is 0 Å². The van der Waals surface area contributed by atoms with Gasteiger partial charge in [0.15, 0.2) is 0 Å². The van der Waals surface area contributed by atoms with Crippen molar-refractivity contribution in [2.75, 3.05) is 6.61 Å². The van der Waals surface area contributed by atoms with Crippen LogP contribution in [0.2, 0.25) is 0 Å². The maximum atomic E-state index is 11.5. The number of ether oxygens (including phenoxy) is 1. The molecule has 0 saturated heterocycles. The molecule has 1 aromatic rings. The van der Waals surface area contributed by atoms with E-state index >= 15 is 0 Å². The average Bonchev–Trinajstić information content (AvgIpc) is 2.58. The molecule has 0 bridgehead atoms. The van der Waals surface area contributed by atoms with E-state index in [4.69, 9.17) is 4.74 Å². The van der Waals surface area contributed by atoms with Crippen molar-refractivity contribution in [2.24, 2.45) is 0 Å². The van der Waals surface area contributed by atoms with Gasteiger partial charge in [-0.25, -0.2) is 4.98 Å². The number of nitrogens with one attached hydrogen (secondary N) is 1. The van der Waals surface area contributed by atoms with Crippen LogP contribution >= 0.6 is 11.3 Å². The molecule has 2 unspecified atom stereocenters. The van der Waals surface area contributed by atoms with E-state index in [0.29, 0.717) is 6.61 Å². The molecule has 1 N–H and O–H groups in total. The molecule has 0 aliphatic heterocycles.